The van der Waals surface area contributed by atoms with Crippen molar-refractivity contribution >= 4 is 12.6 Å². The monoisotopic (exact) mass is 271 g/mol. The predicted octanol–water partition coefficient (Wildman–Crippen LogP) is -0.630. The van der Waals surface area contributed by atoms with Crippen LogP contribution in [0.3, 0.4) is 0 Å². The zero-order chi connectivity index (χ0) is 14.8. The van der Waals surface area contributed by atoms with E-state index >= 15 is 0 Å². The Kier molecular flexibility index (Phi) is 9.03. The minimum Gasteiger partial charge on any atom is -0.395 e. The van der Waals surface area contributed by atoms with Gasteiger partial charge in [-0.2, -0.15) is 0 Å². The molecule has 0 saturated heterocycles. The first kappa shape index (κ1) is 17.8. The summed E-state index contributed by atoms with van der Waals surface area (Å²) in [6.45, 7) is 9.71. The van der Waals surface area contributed by atoms with Crippen LogP contribution in [0.1, 0.15) is 26.2 Å². The van der Waals surface area contributed by atoms with Crippen molar-refractivity contribution in [3.8, 4) is 0 Å². The molecule has 6 N–H and O–H groups in total. The van der Waals surface area contributed by atoms with Crippen LogP contribution in [-0.2, 0) is 4.79 Å². The highest BCUT2D eigenvalue weighted by atomic mass is 16.3. The Morgan fingerprint density at radius 2 is 2.16 bits per heavy atom. The number of carbonyl (C=O) groups is 1. The SMILES string of the molecule is C=CC(CO)C(=O)NC(CC)CCC[N+](=C)C(N)N. The fraction of sp³-hybridized carbons (Fsp3) is 0.692. The molecular formula is C13H27N4O2+. The molecule has 19 heavy (non-hydrogen) atoms. The Morgan fingerprint density at radius 3 is 2.58 bits per heavy atom. The maximum Gasteiger partial charge on any atom is 0.259 e. The highest BCUT2D eigenvalue weighted by Crippen LogP contribution is 2.05. The molecule has 0 saturated carbocycles. The van der Waals surface area contributed by atoms with Crippen molar-refractivity contribution in [2.45, 2.75) is 38.5 Å². The third-order valence-electron chi connectivity index (χ3n) is 3.08. The molecule has 2 atom stereocenters. The normalized spacial score (nSPS) is 13.9. The van der Waals surface area contributed by atoms with Crippen molar-refractivity contribution < 1.29 is 14.5 Å². The molecule has 0 heterocycles. The molecular weight excluding hydrogens is 244 g/mol. The number of nitrogens with one attached hydrogen (secondary N) is 1. The molecule has 0 aliphatic heterocycles. The maximum absolute atomic E-state index is 11.8. The molecule has 6 heteroatoms. The molecule has 2 unspecified atom stereocenters. The van der Waals surface area contributed by atoms with Gasteiger partial charge in [0.2, 0.25) is 5.91 Å². The van der Waals surface area contributed by atoms with Crippen LogP contribution in [0, 0.1) is 5.92 Å². The zero-order valence-electron chi connectivity index (χ0n) is 11.7. The smallest absolute Gasteiger partial charge is 0.259 e. The molecule has 0 aromatic rings. The molecule has 0 aromatic carbocycles. The Labute approximate surface area is 115 Å². The summed E-state index contributed by atoms with van der Waals surface area (Å²) in [5.74, 6) is -0.734. The Morgan fingerprint density at radius 1 is 1.53 bits per heavy atom. The Balaban J connectivity index is 4.11. The summed E-state index contributed by atoms with van der Waals surface area (Å²) in [5.41, 5.74) is 10.9. The standard InChI is InChI=1S/C13H26N4O2/c1-4-10(9-18)12(19)16-11(5-2)7-6-8-17(3)13(14)15/h4,10-11,13,18H,1,3,5-9,14-15H2,2H3/p+1. The molecule has 0 spiro atoms. The summed E-state index contributed by atoms with van der Waals surface area (Å²) in [7, 11) is 0. The van der Waals surface area contributed by atoms with Crippen molar-refractivity contribution in [2.24, 2.45) is 17.4 Å². The predicted molar refractivity (Wildman–Crippen MR) is 76.6 cm³/mol. The third-order valence-corrected chi connectivity index (χ3v) is 3.08. The summed E-state index contributed by atoms with van der Waals surface area (Å²) < 4.78 is 1.61. The number of amides is 1. The van der Waals surface area contributed by atoms with Crippen molar-refractivity contribution in [3.05, 3.63) is 12.7 Å². The summed E-state index contributed by atoms with van der Waals surface area (Å²) in [6, 6.07) is 0.0731. The number of nitrogens with two attached hydrogens (primary N) is 2. The van der Waals surface area contributed by atoms with E-state index in [1.54, 1.807) is 4.58 Å². The van der Waals surface area contributed by atoms with Gasteiger partial charge in [-0.1, -0.05) is 13.0 Å². The van der Waals surface area contributed by atoms with Crippen LogP contribution >= 0.6 is 0 Å². The largest absolute Gasteiger partial charge is 0.395 e. The third kappa shape index (κ3) is 7.05. The molecule has 0 aromatic heterocycles. The van der Waals surface area contributed by atoms with Gasteiger partial charge in [-0.15, -0.1) is 6.58 Å². The van der Waals surface area contributed by atoms with E-state index in [1.165, 1.54) is 6.08 Å². The van der Waals surface area contributed by atoms with E-state index in [4.69, 9.17) is 16.6 Å². The van der Waals surface area contributed by atoms with Crippen LogP contribution < -0.4 is 16.8 Å². The average molecular weight is 271 g/mol. The lowest BCUT2D eigenvalue weighted by Gasteiger charge is -2.19. The van der Waals surface area contributed by atoms with E-state index in [2.05, 4.69) is 18.6 Å². The lowest BCUT2D eigenvalue weighted by Crippen LogP contribution is -2.43. The number of carbonyl (C=O) groups excluding carboxylic acids is 1. The van der Waals surface area contributed by atoms with Gasteiger partial charge in [0.05, 0.1) is 12.5 Å². The average Bonchev–Trinajstić information content (AvgIpc) is 2.38. The highest BCUT2D eigenvalue weighted by Gasteiger charge is 2.17. The number of aliphatic hydroxyl groups excluding tert-OH is 1. The van der Waals surface area contributed by atoms with E-state index in [9.17, 15) is 4.79 Å². The quantitative estimate of drug-likeness (QED) is 0.184. The number of nitrogens with zero attached hydrogens (tertiary/aromatic N) is 1. The number of hydrogen-bond donors (Lipinski definition) is 4. The van der Waals surface area contributed by atoms with Crippen LogP contribution in [0.5, 0.6) is 0 Å². The van der Waals surface area contributed by atoms with Gasteiger partial charge in [0.25, 0.3) is 6.29 Å². The molecule has 0 fully saturated rings. The molecule has 110 valence electrons. The first-order valence-corrected chi connectivity index (χ1v) is 6.58. The van der Waals surface area contributed by atoms with Gasteiger partial charge >= 0.3 is 0 Å². The summed E-state index contributed by atoms with van der Waals surface area (Å²) >= 11 is 0. The second-order valence-electron chi connectivity index (χ2n) is 4.58. The lowest BCUT2D eigenvalue weighted by atomic mass is 10.1. The van der Waals surface area contributed by atoms with E-state index in [-0.39, 0.29) is 18.6 Å². The van der Waals surface area contributed by atoms with Gasteiger partial charge in [-0.3, -0.25) is 16.3 Å². The van der Waals surface area contributed by atoms with Gasteiger partial charge in [-0.05, 0) is 12.8 Å². The van der Waals surface area contributed by atoms with Crippen LogP contribution in [0.4, 0.5) is 0 Å². The topological polar surface area (TPSA) is 104 Å². The maximum atomic E-state index is 11.8. The molecule has 0 aliphatic carbocycles. The fourth-order valence-corrected chi connectivity index (χ4v) is 1.64. The Hall–Kier alpha value is -1.24. The van der Waals surface area contributed by atoms with Crippen molar-refractivity contribution in [3.63, 3.8) is 0 Å². The van der Waals surface area contributed by atoms with Crippen LogP contribution in [0.25, 0.3) is 0 Å². The minimum absolute atomic E-state index is 0.0731. The molecule has 0 aliphatic rings. The van der Waals surface area contributed by atoms with E-state index in [0.29, 0.717) is 6.54 Å². The van der Waals surface area contributed by atoms with Crippen molar-refractivity contribution in [1.29, 1.82) is 0 Å². The van der Waals surface area contributed by atoms with Gasteiger partial charge in [-0.25, -0.2) is 4.58 Å². The summed E-state index contributed by atoms with van der Waals surface area (Å²) in [4.78, 5) is 11.8. The fourth-order valence-electron chi connectivity index (χ4n) is 1.64. The Bertz CT molecular complexity index is 305. The lowest BCUT2D eigenvalue weighted by molar-refractivity contribution is -0.557. The van der Waals surface area contributed by atoms with Crippen LogP contribution in [-0.4, -0.2) is 47.8 Å². The van der Waals surface area contributed by atoms with E-state index in [0.717, 1.165) is 19.3 Å². The van der Waals surface area contributed by atoms with Gasteiger partial charge in [0.1, 0.15) is 13.3 Å². The summed E-state index contributed by atoms with van der Waals surface area (Å²) in [6.07, 6.45) is 3.37. The van der Waals surface area contributed by atoms with Crippen LogP contribution in [0.2, 0.25) is 0 Å². The first-order chi connectivity index (χ1) is 8.96. The highest BCUT2D eigenvalue weighted by molar-refractivity contribution is 5.80. The number of aliphatic hydroxyl groups is 1. The number of hydrogen-bond acceptors (Lipinski definition) is 4. The second kappa shape index (κ2) is 9.66. The van der Waals surface area contributed by atoms with Crippen LogP contribution in [0.15, 0.2) is 12.7 Å². The molecule has 0 rings (SSSR count). The molecule has 0 radical (unpaired) electrons. The zero-order valence-corrected chi connectivity index (χ0v) is 11.7. The first-order valence-electron chi connectivity index (χ1n) is 6.58. The van der Waals surface area contributed by atoms with Crippen molar-refractivity contribution in [2.75, 3.05) is 13.2 Å². The van der Waals surface area contributed by atoms with Crippen molar-refractivity contribution in [1.82, 2.24) is 5.32 Å². The van der Waals surface area contributed by atoms with Gasteiger partial charge in [0.15, 0.2) is 0 Å². The van der Waals surface area contributed by atoms with E-state index in [1.807, 2.05) is 6.92 Å². The molecule has 6 nitrogen and oxygen atoms in total. The van der Waals surface area contributed by atoms with Gasteiger partial charge < -0.3 is 10.4 Å². The minimum atomic E-state index is -0.561. The molecule has 1 amide bonds. The van der Waals surface area contributed by atoms with Gasteiger partial charge in [0, 0.05) is 12.5 Å². The molecule has 0 bridgehead atoms. The number of rotatable bonds is 10. The second-order valence-corrected chi connectivity index (χ2v) is 4.58. The van der Waals surface area contributed by atoms with E-state index < -0.39 is 12.2 Å². The summed E-state index contributed by atoms with van der Waals surface area (Å²) in [5, 5.41) is 11.9.